The number of aromatic nitrogens is 5. The summed E-state index contributed by atoms with van der Waals surface area (Å²) >= 11 is 0. The molecule has 0 amide bonds. The van der Waals surface area contributed by atoms with E-state index in [0.29, 0.717) is 11.5 Å². The van der Waals surface area contributed by atoms with Gasteiger partial charge in [-0.3, -0.25) is 0 Å². The van der Waals surface area contributed by atoms with Gasteiger partial charge in [-0.25, -0.2) is 9.97 Å². The van der Waals surface area contributed by atoms with Gasteiger partial charge in [-0.05, 0) is 19.1 Å². The molecule has 0 aliphatic heterocycles. The van der Waals surface area contributed by atoms with Crippen molar-refractivity contribution in [3.05, 3.63) is 48.3 Å². The summed E-state index contributed by atoms with van der Waals surface area (Å²) in [5, 5.41) is 11.7. The number of rotatable bonds is 3. The molecule has 100 valence electrons. The molecular weight excluding hydrogens is 252 g/mol. The molecule has 0 bridgehead atoms. The van der Waals surface area contributed by atoms with Crippen molar-refractivity contribution in [2.24, 2.45) is 0 Å². The largest absolute Gasteiger partial charge is 0.373 e. The van der Waals surface area contributed by atoms with Crippen molar-refractivity contribution in [1.82, 2.24) is 25.0 Å². The van der Waals surface area contributed by atoms with Gasteiger partial charge in [0.1, 0.15) is 5.82 Å². The Balaban J connectivity index is 2.00. The van der Waals surface area contributed by atoms with Crippen LogP contribution in [0.1, 0.15) is 5.69 Å². The standard InChI is InChI=1S/C14H14N6/c1-10-8-13(15-2)18-14(17-10)12-9-16-20(19-12)11-6-4-3-5-7-11/h3-9H,1-2H3,(H,15,17,18). The zero-order chi connectivity index (χ0) is 13.9. The highest BCUT2D eigenvalue weighted by molar-refractivity contribution is 5.51. The summed E-state index contributed by atoms with van der Waals surface area (Å²) < 4.78 is 0. The van der Waals surface area contributed by atoms with Crippen molar-refractivity contribution < 1.29 is 0 Å². The predicted octanol–water partition coefficient (Wildman–Crippen LogP) is 2.07. The van der Waals surface area contributed by atoms with Gasteiger partial charge < -0.3 is 5.32 Å². The number of hydrogen-bond acceptors (Lipinski definition) is 5. The summed E-state index contributed by atoms with van der Waals surface area (Å²) in [7, 11) is 1.83. The molecule has 0 radical (unpaired) electrons. The molecule has 3 rings (SSSR count). The van der Waals surface area contributed by atoms with Gasteiger partial charge in [0.15, 0.2) is 11.5 Å². The number of anilines is 1. The van der Waals surface area contributed by atoms with E-state index >= 15 is 0 Å². The van der Waals surface area contributed by atoms with Gasteiger partial charge in [-0.2, -0.15) is 9.90 Å². The minimum Gasteiger partial charge on any atom is -0.373 e. The summed E-state index contributed by atoms with van der Waals surface area (Å²) in [6.07, 6.45) is 1.67. The molecule has 2 aromatic heterocycles. The fourth-order valence-electron chi connectivity index (χ4n) is 1.86. The first-order valence-corrected chi connectivity index (χ1v) is 6.28. The third-order valence-corrected chi connectivity index (χ3v) is 2.82. The van der Waals surface area contributed by atoms with E-state index in [2.05, 4.69) is 25.5 Å². The van der Waals surface area contributed by atoms with Crippen LogP contribution < -0.4 is 5.32 Å². The van der Waals surface area contributed by atoms with Gasteiger partial charge in [-0.15, -0.1) is 5.10 Å². The van der Waals surface area contributed by atoms with Crippen molar-refractivity contribution in [3.63, 3.8) is 0 Å². The van der Waals surface area contributed by atoms with E-state index in [1.807, 2.05) is 50.4 Å². The molecule has 3 aromatic rings. The minimum atomic E-state index is 0.566. The number of hydrogen-bond donors (Lipinski definition) is 1. The first kappa shape index (κ1) is 12.3. The van der Waals surface area contributed by atoms with Gasteiger partial charge in [0.25, 0.3) is 0 Å². The van der Waals surface area contributed by atoms with Gasteiger partial charge >= 0.3 is 0 Å². The maximum absolute atomic E-state index is 4.42. The molecule has 2 heterocycles. The summed E-state index contributed by atoms with van der Waals surface area (Å²) in [5.74, 6) is 1.33. The Morgan fingerprint density at radius 1 is 1.10 bits per heavy atom. The summed E-state index contributed by atoms with van der Waals surface area (Å²) in [4.78, 5) is 10.4. The van der Waals surface area contributed by atoms with Gasteiger partial charge in [0.2, 0.25) is 0 Å². The van der Waals surface area contributed by atoms with E-state index < -0.39 is 0 Å². The molecule has 1 aromatic carbocycles. The molecule has 0 saturated carbocycles. The van der Waals surface area contributed by atoms with Crippen LogP contribution >= 0.6 is 0 Å². The van der Waals surface area contributed by atoms with Crippen molar-refractivity contribution >= 4 is 5.82 Å². The van der Waals surface area contributed by atoms with Crippen LogP contribution in [0.25, 0.3) is 17.2 Å². The average molecular weight is 266 g/mol. The van der Waals surface area contributed by atoms with Gasteiger partial charge in [0, 0.05) is 18.8 Å². The fraction of sp³-hybridized carbons (Fsp3) is 0.143. The van der Waals surface area contributed by atoms with Crippen LogP contribution in [-0.4, -0.2) is 32.0 Å². The summed E-state index contributed by atoms with van der Waals surface area (Å²) in [6.45, 7) is 1.92. The first-order valence-electron chi connectivity index (χ1n) is 6.28. The van der Waals surface area contributed by atoms with Crippen LogP contribution in [-0.2, 0) is 0 Å². The predicted molar refractivity (Wildman–Crippen MR) is 76.7 cm³/mol. The Kier molecular flexibility index (Phi) is 3.12. The molecule has 0 spiro atoms. The summed E-state index contributed by atoms with van der Waals surface area (Å²) in [5.41, 5.74) is 2.43. The topological polar surface area (TPSA) is 68.5 Å². The maximum atomic E-state index is 4.42. The van der Waals surface area contributed by atoms with Crippen molar-refractivity contribution in [3.8, 4) is 17.2 Å². The van der Waals surface area contributed by atoms with E-state index in [1.165, 1.54) is 0 Å². The number of aryl methyl sites for hydroxylation is 1. The minimum absolute atomic E-state index is 0.566. The van der Waals surface area contributed by atoms with Gasteiger partial charge in [0.05, 0.1) is 11.9 Å². The van der Waals surface area contributed by atoms with Crippen LogP contribution in [0.4, 0.5) is 5.82 Å². The highest BCUT2D eigenvalue weighted by Gasteiger charge is 2.09. The van der Waals surface area contributed by atoms with E-state index in [4.69, 9.17) is 0 Å². The highest BCUT2D eigenvalue weighted by Crippen LogP contribution is 2.15. The van der Waals surface area contributed by atoms with E-state index in [9.17, 15) is 0 Å². The zero-order valence-corrected chi connectivity index (χ0v) is 11.3. The third kappa shape index (κ3) is 2.35. The zero-order valence-electron chi connectivity index (χ0n) is 11.3. The molecule has 1 N–H and O–H groups in total. The number of nitrogens with zero attached hydrogens (tertiary/aromatic N) is 5. The number of para-hydroxylation sites is 1. The second-order valence-corrected chi connectivity index (χ2v) is 4.32. The Bertz CT molecular complexity index is 720. The Morgan fingerprint density at radius 2 is 1.90 bits per heavy atom. The normalized spacial score (nSPS) is 10.5. The molecule has 0 saturated heterocycles. The molecule has 20 heavy (non-hydrogen) atoms. The number of nitrogens with one attached hydrogen (secondary N) is 1. The monoisotopic (exact) mass is 266 g/mol. The van der Waals surface area contributed by atoms with Gasteiger partial charge in [-0.1, -0.05) is 18.2 Å². The molecule has 0 unspecified atom stereocenters. The number of benzene rings is 1. The Labute approximate surface area is 116 Å². The molecular formula is C14H14N6. The molecule has 0 aliphatic rings. The molecule has 0 fully saturated rings. The average Bonchev–Trinajstić information content (AvgIpc) is 2.97. The summed E-state index contributed by atoms with van der Waals surface area (Å²) in [6, 6.07) is 11.6. The lowest BCUT2D eigenvalue weighted by molar-refractivity contribution is 0.752. The van der Waals surface area contributed by atoms with E-state index in [0.717, 1.165) is 17.2 Å². The first-order chi connectivity index (χ1) is 9.76. The van der Waals surface area contributed by atoms with E-state index in [-0.39, 0.29) is 0 Å². The molecule has 6 nitrogen and oxygen atoms in total. The Morgan fingerprint density at radius 3 is 2.65 bits per heavy atom. The van der Waals surface area contributed by atoms with Crippen molar-refractivity contribution in [2.45, 2.75) is 6.92 Å². The lowest BCUT2D eigenvalue weighted by Crippen LogP contribution is -2.00. The molecule has 6 heteroatoms. The van der Waals surface area contributed by atoms with Crippen LogP contribution in [0.15, 0.2) is 42.6 Å². The van der Waals surface area contributed by atoms with Crippen LogP contribution in [0.2, 0.25) is 0 Å². The lowest BCUT2D eigenvalue weighted by atomic mass is 10.3. The highest BCUT2D eigenvalue weighted by atomic mass is 15.5. The van der Waals surface area contributed by atoms with Crippen LogP contribution in [0.3, 0.4) is 0 Å². The van der Waals surface area contributed by atoms with Crippen LogP contribution in [0, 0.1) is 6.92 Å². The second-order valence-electron chi connectivity index (χ2n) is 4.32. The lowest BCUT2D eigenvalue weighted by Gasteiger charge is -2.02. The smallest absolute Gasteiger partial charge is 0.184 e. The quantitative estimate of drug-likeness (QED) is 0.786. The van der Waals surface area contributed by atoms with E-state index in [1.54, 1.807) is 11.0 Å². The second kappa shape index (κ2) is 5.08. The van der Waals surface area contributed by atoms with Crippen molar-refractivity contribution in [2.75, 3.05) is 12.4 Å². The SMILES string of the molecule is CNc1cc(C)nc(-c2cnn(-c3ccccc3)n2)n1. The fourth-order valence-corrected chi connectivity index (χ4v) is 1.86. The molecule has 0 atom stereocenters. The maximum Gasteiger partial charge on any atom is 0.184 e. The Hall–Kier alpha value is -2.76. The van der Waals surface area contributed by atoms with Crippen LogP contribution in [0.5, 0.6) is 0 Å². The molecule has 0 aliphatic carbocycles. The third-order valence-electron chi connectivity index (χ3n) is 2.82. The van der Waals surface area contributed by atoms with Crippen molar-refractivity contribution in [1.29, 1.82) is 0 Å².